The van der Waals surface area contributed by atoms with Gasteiger partial charge in [-0.3, -0.25) is 9.59 Å². The second-order valence-corrected chi connectivity index (χ2v) is 7.31. The molecule has 3 atom stereocenters. The van der Waals surface area contributed by atoms with E-state index in [0.717, 1.165) is 19.3 Å². The van der Waals surface area contributed by atoms with Gasteiger partial charge >= 0.3 is 0 Å². The Labute approximate surface area is 127 Å². The molecule has 1 aromatic heterocycles. The number of aryl methyl sites for hydroxylation is 1. The number of carbonyl (C=O) groups excluding carboxylic acids is 2. The molecule has 1 fully saturated rings. The number of rotatable bonds is 2. The molecule has 21 heavy (non-hydrogen) atoms. The van der Waals surface area contributed by atoms with Gasteiger partial charge in [-0.15, -0.1) is 11.3 Å². The summed E-state index contributed by atoms with van der Waals surface area (Å²) in [5.41, 5.74) is 6.60. The lowest BCUT2D eigenvalue weighted by atomic mass is 9.90. The van der Waals surface area contributed by atoms with Crippen molar-refractivity contribution < 1.29 is 14.7 Å². The van der Waals surface area contributed by atoms with Crippen LogP contribution in [0.3, 0.4) is 0 Å². The van der Waals surface area contributed by atoms with E-state index < -0.39 is 18.1 Å². The first-order valence-corrected chi connectivity index (χ1v) is 8.17. The van der Waals surface area contributed by atoms with Crippen molar-refractivity contribution in [1.29, 1.82) is 0 Å². The molecule has 6 heteroatoms. The first kappa shape index (κ1) is 14.5. The number of hydrogen-bond donors (Lipinski definition) is 2. The minimum absolute atomic E-state index is 0.178. The van der Waals surface area contributed by atoms with Gasteiger partial charge in [0.25, 0.3) is 5.91 Å². The molecule has 2 amide bonds. The molecule has 1 aromatic rings. The van der Waals surface area contributed by atoms with Gasteiger partial charge in [0.1, 0.15) is 6.04 Å². The van der Waals surface area contributed by atoms with Crippen LogP contribution in [0.25, 0.3) is 0 Å². The number of primary amides is 1. The fourth-order valence-corrected chi connectivity index (χ4v) is 4.43. The van der Waals surface area contributed by atoms with Crippen LogP contribution in [0.15, 0.2) is 6.07 Å². The maximum atomic E-state index is 12.6. The van der Waals surface area contributed by atoms with Crippen molar-refractivity contribution in [1.82, 2.24) is 4.90 Å². The number of likely N-dealkylation sites (tertiary alicyclic amines) is 1. The highest BCUT2D eigenvalue weighted by Crippen LogP contribution is 2.33. The molecular weight excluding hydrogens is 288 g/mol. The van der Waals surface area contributed by atoms with Crippen LogP contribution < -0.4 is 5.73 Å². The van der Waals surface area contributed by atoms with Gasteiger partial charge in [0.15, 0.2) is 0 Å². The molecule has 114 valence electrons. The van der Waals surface area contributed by atoms with Crippen molar-refractivity contribution in [3.8, 4) is 0 Å². The summed E-state index contributed by atoms with van der Waals surface area (Å²) in [4.78, 5) is 27.4. The number of fused-ring (bicyclic) bond motifs is 1. The van der Waals surface area contributed by atoms with Gasteiger partial charge in [0.05, 0.1) is 11.0 Å². The van der Waals surface area contributed by atoms with E-state index in [0.29, 0.717) is 10.8 Å². The number of thiophene rings is 1. The highest BCUT2D eigenvalue weighted by Gasteiger charge is 2.38. The van der Waals surface area contributed by atoms with Crippen LogP contribution in [-0.4, -0.2) is 40.5 Å². The van der Waals surface area contributed by atoms with E-state index >= 15 is 0 Å². The quantitative estimate of drug-likeness (QED) is 0.852. The largest absolute Gasteiger partial charge is 0.391 e. The van der Waals surface area contributed by atoms with E-state index in [-0.39, 0.29) is 18.9 Å². The zero-order valence-electron chi connectivity index (χ0n) is 12.0. The number of β-amino-alcohol motifs (C(OH)–C–C–N with tert-alkyl or cyclic N) is 1. The van der Waals surface area contributed by atoms with Gasteiger partial charge in [0.2, 0.25) is 5.91 Å². The van der Waals surface area contributed by atoms with Crippen molar-refractivity contribution in [2.75, 3.05) is 6.54 Å². The summed E-state index contributed by atoms with van der Waals surface area (Å²) in [6.07, 6.45) is 2.77. The summed E-state index contributed by atoms with van der Waals surface area (Å²) in [7, 11) is 0. The minimum Gasteiger partial charge on any atom is -0.391 e. The smallest absolute Gasteiger partial charge is 0.264 e. The fourth-order valence-electron chi connectivity index (χ4n) is 3.26. The number of nitrogens with zero attached hydrogens (tertiary/aromatic N) is 1. The second kappa shape index (κ2) is 5.42. The van der Waals surface area contributed by atoms with E-state index in [1.165, 1.54) is 26.7 Å². The summed E-state index contributed by atoms with van der Waals surface area (Å²) in [5.74, 6) is -0.0701. The van der Waals surface area contributed by atoms with Crippen LogP contribution in [0.4, 0.5) is 0 Å². The Balaban J connectivity index is 1.83. The molecule has 0 saturated carbocycles. The van der Waals surface area contributed by atoms with Gasteiger partial charge in [-0.2, -0.15) is 0 Å². The number of carbonyl (C=O) groups is 2. The van der Waals surface area contributed by atoms with E-state index in [1.54, 1.807) is 0 Å². The van der Waals surface area contributed by atoms with Crippen molar-refractivity contribution in [3.63, 3.8) is 0 Å². The van der Waals surface area contributed by atoms with Gasteiger partial charge in [-0.05, 0) is 36.8 Å². The highest BCUT2D eigenvalue weighted by molar-refractivity contribution is 7.14. The summed E-state index contributed by atoms with van der Waals surface area (Å²) in [6, 6.07) is 1.27. The monoisotopic (exact) mass is 308 g/mol. The molecule has 0 aromatic carbocycles. The van der Waals surface area contributed by atoms with Crippen LogP contribution in [0.2, 0.25) is 0 Å². The van der Waals surface area contributed by atoms with Crippen molar-refractivity contribution in [2.45, 2.75) is 44.8 Å². The van der Waals surface area contributed by atoms with E-state index in [9.17, 15) is 14.7 Å². The summed E-state index contributed by atoms with van der Waals surface area (Å²) >= 11 is 1.52. The molecule has 0 bridgehead atoms. The Morgan fingerprint density at radius 3 is 2.95 bits per heavy atom. The van der Waals surface area contributed by atoms with E-state index in [4.69, 9.17) is 5.73 Å². The molecule has 2 heterocycles. The maximum absolute atomic E-state index is 12.6. The molecule has 5 nitrogen and oxygen atoms in total. The van der Waals surface area contributed by atoms with Crippen molar-refractivity contribution in [3.05, 3.63) is 21.4 Å². The van der Waals surface area contributed by atoms with Crippen LogP contribution in [0.5, 0.6) is 0 Å². The number of aliphatic hydroxyl groups is 1. The third-order valence-corrected chi connectivity index (χ3v) is 5.63. The van der Waals surface area contributed by atoms with E-state index in [2.05, 4.69) is 6.92 Å². The van der Waals surface area contributed by atoms with Crippen molar-refractivity contribution in [2.24, 2.45) is 11.7 Å². The van der Waals surface area contributed by atoms with Crippen LogP contribution in [0.1, 0.15) is 39.9 Å². The number of aliphatic hydroxyl groups excluding tert-OH is 1. The Morgan fingerprint density at radius 1 is 1.48 bits per heavy atom. The van der Waals surface area contributed by atoms with E-state index in [1.807, 2.05) is 6.07 Å². The second-order valence-electron chi connectivity index (χ2n) is 6.17. The molecule has 1 saturated heterocycles. The highest BCUT2D eigenvalue weighted by atomic mass is 32.1. The van der Waals surface area contributed by atoms with Crippen LogP contribution >= 0.6 is 11.3 Å². The van der Waals surface area contributed by atoms with Gasteiger partial charge in [-0.25, -0.2) is 0 Å². The molecular formula is C15H20N2O3S. The molecule has 0 spiro atoms. The summed E-state index contributed by atoms with van der Waals surface area (Å²) in [5, 5.41) is 9.71. The molecule has 0 radical (unpaired) electrons. The topological polar surface area (TPSA) is 83.6 Å². The Hall–Kier alpha value is -1.40. The summed E-state index contributed by atoms with van der Waals surface area (Å²) in [6.45, 7) is 2.41. The molecule has 1 aliphatic heterocycles. The van der Waals surface area contributed by atoms with Crippen LogP contribution in [-0.2, 0) is 17.6 Å². The number of hydrogen-bond acceptors (Lipinski definition) is 4. The lowest BCUT2D eigenvalue weighted by molar-refractivity contribution is -0.121. The SMILES string of the molecule is C[C@@H]1CCc2sc(C(=O)N3C[C@@H](O)C[C@@H]3C(N)=O)cc2C1. The number of amides is 2. The standard InChI is InChI=1S/C15H20N2O3S/c1-8-2-3-12-9(4-8)5-13(21-12)15(20)17-7-10(18)6-11(17)14(16)19/h5,8,10-11,18H,2-4,6-7H2,1H3,(H2,16,19)/t8-,10+,11-/m1/s1. The molecule has 2 aliphatic rings. The maximum Gasteiger partial charge on any atom is 0.264 e. The average molecular weight is 308 g/mol. The molecule has 1 aliphatic carbocycles. The third-order valence-electron chi connectivity index (χ3n) is 4.41. The molecule has 0 unspecified atom stereocenters. The predicted molar refractivity (Wildman–Crippen MR) is 80.2 cm³/mol. The summed E-state index contributed by atoms with van der Waals surface area (Å²) < 4.78 is 0. The zero-order chi connectivity index (χ0) is 15.1. The minimum atomic E-state index is -0.689. The zero-order valence-corrected chi connectivity index (χ0v) is 12.9. The third kappa shape index (κ3) is 2.70. The van der Waals surface area contributed by atoms with Crippen molar-refractivity contribution >= 4 is 23.2 Å². The Morgan fingerprint density at radius 2 is 2.24 bits per heavy atom. The molecule has 3 rings (SSSR count). The number of nitrogens with two attached hydrogens (primary N) is 1. The normalized spacial score (nSPS) is 28.5. The first-order valence-electron chi connectivity index (χ1n) is 7.35. The Kier molecular flexibility index (Phi) is 3.75. The van der Waals surface area contributed by atoms with Gasteiger partial charge < -0.3 is 15.7 Å². The van der Waals surface area contributed by atoms with Gasteiger partial charge in [0, 0.05) is 17.8 Å². The fraction of sp³-hybridized carbons (Fsp3) is 0.600. The lowest BCUT2D eigenvalue weighted by Crippen LogP contribution is -2.43. The lowest BCUT2D eigenvalue weighted by Gasteiger charge is -2.20. The predicted octanol–water partition coefficient (Wildman–Crippen LogP) is 0.934. The first-order chi connectivity index (χ1) is 9.95. The van der Waals surface area contributed by atoms with Crippen LogP contribution in [0, 0.1) is 5.92 Å². The van der Waals surface area contributed by atoms with Gasteiger partial charge in [-0.1, -0.05) is 6.92 Å². The average Bonchev–Trinajstić information content (AvgIpc) is 3.00. The Bertz CT molecular complexity index is 583. The molecule has 3 N–H and O–H groups in total.